The second-order valence-electron chi connectivity index (χ2n) is 7.60. The minimum absolute atomic E-state index is 0.0603. The summed E-state index contributed by atoms with van der Waals surface area (Å²) in [6, 6.07) is 5.44. The predicted octanol–water partition coefficient (Wildman–Crippen LogP) is 4.26. The minimum atomic E-state index is 0.0603. The number of rotatable bonds is 9. The van der Waals surface area contributed by atoms with Crippen LogP contribution < -0.4 is 10.1 Å². The van der Waals surface area contributed by atoms with Crippen molar-refractivity contribution in [1.29, 1.82) is 0 Å². The number of aromatic nitrogens is 2. The summed E-state index contributed by atoms with van der Waals surface area (Å²) >= 11 is 0. The van der Waals surface area contributed by atoms with Gasteiger partial charge in [0.1, 0.15) is 5.52 Å². The number of carbonyl (C=O) groups is 1. The normalized spacial score (nSPS) is 15.6. The van der Waals surface area contributed by atoms with Gasteiger partial charge in [-0.15, -0.1) is 0 Å². The number of nitrogens with zero attached hydrogens (tertiary/aromatic N) is 3. The van der Waals surface area contributed by atoms with Gasteiger partial charge < -0.3 is 15.0 Å². The zero-order chi connectivity index (χ0) is 19.8. The first-order chi connectivity index (χ1) is 13.7. The van der Waals surface area contributed by atoms with E-state index in [2.05, 4.69) is 27.1 Å². The summed E-state index contributed by atoms with van der Waals surface area (Å²) in [5.74, 6) is 0.660. The molecule has 152 valence electrons. The molecule has 2 aromatic rings. The number of amides is 1. The molecule has 1 aliphatic heterocycles. The molecule has 0 aliphatic carbocycles. The quantitative estimate of drug-likeness (QED) is 0.654. The number of anilines is 1. The van der Waals surface area contributed by atoms with Gasteiger partial charge >= 0.3 is 0 Å². The highest BCUT2D eigenvalue weighted by atomic mass is 16.5. The van der Waals surface area contributed by atoms with E-state index in [0.29, 0.717) is 17.1 Å². The molecular formula is C22H32N4O2. The SMILES string of the molecule is CCCCCCCN1CCC(C(=O)Nc2ccnc3ccc(OC)nc23)CC1. The van der Waals surface area contributed by atoms with Crippen LogP contribution in [0.3, 0.4) is 0 Å². The lowest BCUT2D eigenvalue weighted by Crippen LogP contribution is -2.38. The first kappa shape index (κ1) is 20.5. The van der Waals surface area contributed by atoms with Crippen molar-refractivity contribution in [2.45, 2.75) is 51.9 Å². The van der Waals surface area contributed by atoms with Gasteiger partial charge in [0, 0.05) is 18.2 Å². The Kier molecular flexibility index (Phi) is 7.60. The second-order valence-corrected chi connectivity index (χ2v) is 7.60. The van der Waals surface area contributed by atoms with E-state index in [-0.39, 0.29) is 11.8 Å². The van der Waals surface area contributed by atoms with Crippen LogP contribution >= 0.6 is 0 Å². The second kappa shape index (κ2) is 10.4. The highest BCUT2D eigenvalue weighted by Gasteiger charge is 2.25. The van der Waals surface area contributed by atoms with Crippen LogP contribution in [-0.2, 0) is 4.79 Å². The van der Waals surface area contributed by atoms with Gasteiger partial charge in [0.05, 0.1) is 18.3 Å². The number of nitrogens with one attached hydrogen (secondary N) is 1. The smallest absolute Gasteiger partial charge is 0.227 e. The number of unbranched alkanes of at least 4 members (excludes halogenated alkanes) is 4. The highest BCUT2D eigenvalue weighted by molar-refractivity contribution is 6.00. The molecule has 0 unspecified atom stereocenters. The van der Waals surface area contributed by atoms with Crippen LogP contribution in [0.2, 0.25) is 0 Å². The Morgan fingerprint density at radius 1 is 1.18 bits per heavy atom. The van der Waals surface area contributed by atoms with Crippen LogP contribution in [0.25, 0.3) is 11.0 Å². The fourth-order valence-corrected chi connectivity index (χ4v) is 3.81. The van der Waals surface area contributed by atoms with Crippen molar-refractivity contribution in [2.24, 2.45) is 5.92 Å². The zero-order valence-corrected chi connectivity index (χ0v) is 17.1. The average molecular weight is 385 g/mol. The molecular weight excluding hydrogens is 352 g/mol. The number of ether oxygens (including phenoxy) is 1. The summed E-state index contributed by atoms with van der Waals surface area (Å²) in [5.41, 5.74) is 2.11. The molecule has 0 saturated carbocycles. The third-order valence-electron chi connectivity index (χ3n) is 5.56. The van der Waals surface area contributed by atoms with Crippen molar-refractivity contribution in [3.63, 3.8) is 0 Å². The maximum absolute atomic E-state index is 12.8. The molecule has 1 aliphatic rings. The van der Waals surface area contributed by atoms with E-state index < -0.39 is 0 Å². The third kappa shape index (κ3) is 5.41. The number of piperidine rings is 1. The third-order valence-corrected chi connectivity index (χ3v) is 5.56. The highest BCUT2D eigenvalue weighted by Crippen LogP contribution is 2.25. The van der Waals surface area contributed by atoms with Gasteiger partial charge in [0.25, 0.3) is 0 Å². The van der Waals surface area contributed by atoms with Gasteiger partial charge in [-0.2, -0.15) is 0 Å². The molecule has 1 amide bonds. The van der Waals surface area contributed by atoms with Crippen molar-refractivity contribution >= 4 is 22.6 Å². The number of hydrogen-bond donors (Lipinski definition) is 1. The van der Waals surface area contributed by atoms with E-state index in [9.17, 15) is 4.79 Å². The molecule has 0 bridgehead atoms. The monoisotopic (exact) mass is 384 g/mol. The first-order valence-corrected chi connectivity index (χ1v) is 10.5. The number of fused-ring (bicyclic) bond motifs is 1. The lowest BCUT2D eigenvalue weighted by atomic mass is 9.95. The Morgan fingerprint density at radius 2 is 1.96 bits per heavy atom. The van der Waals surface area contributed by atoms with Crippen LogP contribution in [0.1, 0.15) is 51.9 Å². The summed E-state index contributed by atoms with van der Waals surface area (Å²) in [6.07, 6.45) is 10.1. The molecule has 28 heavy (non-hydrogen) atoms. The number of methoxy groups -OCH3 is 1. The molecule has 3 heterocycles. The van der Waals surface area contributed by atoms with Crippen LogP contribution in [0.15, 0.2) is 24.4 Å². The topological polar surface area (TPSA) is 67.4 Å². The van der Waals surface area contributed by atoms with Gasteiger partial charge in [-0.05, 0) is 51.0 Å². The minimum Gasteiger partial charge on any atom is -0.481 e. The van der Waals surface area contributed by atoms with Gasteiger partial charge in [-0.1, -0.05) is 32.6 Å². The Hall–Kier alpha value is -2.21. The Bertz CT molecular complexity index is 772. The lowest BCUT2D eigenvalue weighted by Gasteiger charge is -2.31. The Morgan fingerprint density at radius 3 is 2.71 bits per heavy atom. The lowest BCUT2D eigenvalue weighted by molar-refractivity contribution is -0.121. The Balaban J connectivity index is 1.52. The number of carbonyl (C=O) groups excluding carboxylic acids is 1. The van der Waals surface area contributed by atoms with Crippen LogP contribution in [0.5, 0.6) is 5.88 Å². The molecule has 0 radical (unpaired) electrons. The van der Waals surface area contributed by atoms with Gasteiger partial charge in [0.2, 0.25) is 11.8 Å². The Labute approximate surface area is 167 Å². The van der Waals surface area contributed by atoms with E-state index in [4.69, 9.17) is 4.74 Å². The average Bonchev–Trinajstić information content (AvgIpc) is 2.74. The van der Waals surface area contributed by atoms with Crippen molar-refractivity contribution in [2.75, 3.05) is 32.1 Å². The molecule has 1 fully saturated rings. The maximum atomic E-state index is 12.8. The van der Waals surface area contributed by atoms with Crippen LogP contribution in [-0.4, -0.2) is 47.5 Å². The summed E-state index contributed by atoms with van der Waals surface area (Å²) < 4.78 is 5.21. The zero-order valence-electron chi connectivity index (χ0n) is 17.1. The number of pyridine rings is 2. The van der Waals surface area contributed by atoms with Crippen molar-refractivity contribution in [1.82, 2.24) is 14.9 Å². The fourth-order valence-electron chi connectivity index (χ4n) is 3.81. The van der Waals surface area contributed by atoms with Crippen molar-refractivity contribution in [3.8, 4) is 5.88 Å². The molecule has 6 nitrogen and oxygen atoms in total. The van der Waals surface area contributed by atoms with Crippen molar-refractivity contribution in [3.05, 3.63) is 24.4 Å². The molecule has 0 aromatic carbocycles. The molecule has 3 rings (SSSR count). The summed E-state index contributed by atoms with van der Waals surface area (Å²) in [6.45, 7) is 5.43. The van der Waals surface area contributed by atoms with E-state index >= 15 is 0 Å². The molecule has 0 atom stereocenters. The molecule has 0 spiro atoms. The summed E-state index contributed by atoms with van der Waals surface area (Å²) in [4.78, 5) is 24.1. The maximum Gasteiger partial charge on any atom is 0.227 e. The predicted molar refractivity (Wildman–Crippen MR) is 113 cm³/mol. The van der Waals surface area contributed by atoms with Gasteiger partial charge in [-0.3, -0.25) is 9.78 Å². The van der Waals surface area contributed by atoms with E-state index in [1.165, 1.54) is 32.1 Å². The number of likely N-dealkylation sites (tertiary alicyclic amines) is 1. The van der Waals surface area contributed by atoms with E-state index in [1.54, 1.807) is 25.4 Å². The van der Waals surface area contributed by atoms with Crippen LogP contribution in [0.4, 0.5) is 5.69 Å². The standard InChI is InChI=1S/C22H32N4O2/c1-3-4-5-6-7-14-26-15-11-17(12-16-26)22(27)24-19-10-13-23-18-8-9-20(28-2)25-21(18)19/h8-10,13,17H,3-7,11-12,14-16H2,1-2H3,(H,23,24,27). The fraction of sp³-hybridized carbons (Fsp3) is 0.591. The summed E-state index contributed by atoms with van der Waals surface area (Å²) in [5, 5.41) is 3.07. The van der Waals surface area contributed by atoms with Gasteiger partial charge in [-0.25, -0.2) is 4.98 Å². The molecule has 6 heteroatoms. The van der Waals surface area contributed by atoms with Gasteiger partial charge in [0.15, 0.2) is 0 Å². The first-order valence-electron chi connectivity index (χ1n) is 10.5. The molecule has 1 N–H and O–H groups in total. The largest absolute Gasteiger partial charge is 0.481 e. The molecule has 2 aromatic heterocycles. The number of hydrogen-bond acceptors (Lipinski definition) is 5. The molecule has 1 saturated heterocycles. The van der Waals surface area contributed by atoms with E-state index in [1.807, 2.05) is 6.07 Å². The summed E-state index contributed by atoms with van der Waals surface area (Å²) in [7, 11) is 1.58. The van der Waals surface area contributed by atoms with E-state index in [0.717, 1.165) is 38.0 Å². The van der Waals surface area contributed by atoms with Crippen molar-refractivity contribution < 1.29 is 9.53 Å². The van der Waals surface area contributed by atoms with Crippen LogP contribution in [0, 0.1) is 5.92 Å².